The van der Waals surface area contributed by atoms with E-state index in [0.29, 0.717) is 6.54 Å². The zero-order valence-electron chi connectivity index (χ0n) is 14.9. The van der Waals surface area contributed by atoms with E-state index in [4.69, 9.17) is 0 Å². The van der Waals surface area contributed by atoms with E-state index in [1.165, 1.54) is 0 Å². The molecule has 1 aliphatic rings. The molecule has 0 aliphatic carbocycles. The SMILES string of the molecule is CCc1nc2n(n1)CCCC2NC(=O)NCCN(C)c1ccccc1. The summed E-state index contributed by atoms with van der Waals surface area (Å²) in [5.41, 5.74) is 1.14. The largest absolute Gasteiger partial charge is 0.373 e. The Balaban J connectivity index is 1.48. The highest BCUT2D eigenvalue weighted by molar-refractivity contribution is 5.74. The highest BCUT2D eigenvalue weighted by Crippen LogP contribution is 2.23. The third-order valence-electron chi connectivity index (χ3n) is 4.47. The molecule has 0 saturated carbocycles. The van der Waals surface area contributed by atoms with Crippen LogP contribution in [0.1, 0.15) is 37.5 Å². The molecule has 7 heteroatoms. The number of hydrogen-bond acceptors (Lipinski definition) is 4. The Morgan fingerprint density at radius 1 is 1.36 bits per heavy atom. The number of fused-ring (bicyclic) bond motifs is 1. The van der Waals surface area contributed by atoms with Crippen LogP contribution in [0.3, 0.4) is 0 Å². The van der Waals surface area contributed by atoms with Crippen molar-refractivity contribution in [3.8, 4) is 0 Å². The van der Waals surface area contributed by atoms with Crippen LogP contribution in [-0.2, 0) is 13.0 Å². The zero-order valence-corrected chi connectivity index (χ0v) is 14.9. The number of nitrogens with one attached hydrogen (secondary N) is 2. The minimum Gasteiger partial charge on any atom is -0.373 e. The lowest BCUT2D eigenvalue weighted by molar-refractivity contribution is 0.233. The number of aromatic nitrogens is 3. The van der Waals surface area contributed by atoms with Crippen molar-refractivity contribution in [1.82, 2.24) is 25.4 Å². The zero-order chi connectivity index (χ0) is 17.6. The Hall–Kier alpha value is -2.57. The molecule has 0 radical (unpaired) electrons. The van der Waals surface area contributed by atoms with Gasteiger partial charge in [-0.3, -0.25) is 0 Å². The third kappa shape index (κ3) is 4.29. The van der Waals surface area contributed by atoms with Gasteiger partial charge in [-0.25, -0.2) is 14.5 Å². The van der Waals surface area contributed by atoms with E-state index in [1.807, 2.05) is 36.9 Å². The van der Waals surface area contributed by atoms with Gasteiger partial charge in [-0.05, 0) is 25.0 Å². The Kier molecular flexibility index (Phi) is 5.53. The topological polar surface area (TPSA) is 75.1 Å². The van der Waals surface area contributed by atoms with Crippen LogP contribution in [0.15, 0.2) is 30.3 Å². The van der Waals surface area contributed by atoms with Gasteiger partial charge in [0.15, 0.2) is 5.82 Å². The monoisotopic (exact) mass is 342 g/mol. The molecular formula is C18H26N6O. The highest BCUT2D eigenvalue weighted by atomic mass is 16.2. The van der Waals surface area contributed by atoms with Crippen molar-refractivity contribution in [3.63, 3.8) is 0 Å². The first kappa shape index (κ1) is 17.3. The van der Waals surface area contributed by atoms with Gasteiger partial charge in [0.1, 0.15) is 5.82 Å². The fourth-order valence-corrected chi connectivity index (χ4v) is 3.04. The van der Waals surface area contributed by atoms with E-state index in [-0.39, 0.29) is 12.1 Å². The molecule has 2 N–H and O–H groups in total. The van der Waals surface area contributed by atoms with Gasteiger partial charge in [0.2, 0.25) is 0 Å². The molecule has 2 heterocycles. The van der Waals surface area contributed by atoms with Crippen molar-refractivity contribution in [3.05, 3.63) is 42.0 Å². The molecule has 3 rings (SSSR count). The van der Waals surface area contributed by atoms with Crippen LogP contribution < -0.4 is 15.5 Å². The summed E-state index contributed by atoms with van der Waals surface area (Å²) in [7, 11) is 2.02. The van der Waals surface area contributed by atoms with E-state index < -0.39 is 0 Å². The lowest BCUT2D eigenvalue weighted by Gasteiger charge is -2.24. The first-order valence-corrected chi connectivity index (χ1v) is 8.91. The molecule has 2 amide bonds. The second-order valence-corrected chi connectivity index (χ2v) is 6.32. The quantitative estimate of drug-likeness (QED) is 0.843. The Bertz CT molecular complexity index is 699. The maximum absolute atomic E-state index is 12.2. The van der Waals surface area contributed by atoms with Crippen LogP contribution in [-0.4, -0.2) is 40.9 Å². The van der Waals surface area contributed by atoms with Crippen LogP contribution in [0.2, 0.25) is 0 Å². The van der Waals surface area contributed by atoms with Gasteiger partial charge in [0.25, 0.3) is 0 Å². The minimum absolute atomic E-state index is 0.0617. The second-order valence-electron chi connectivity index (χ2n) is 6.32. The number of carbonyl (C=O) groups excluding carboxylic acids is 1. The van der Waals surface area contributed by atoms with Crippen molar-refractivity contribution in [1.29, 1.82) is 0 Å². The summed E-state index contributed by atoms with van der Waals surface area (Å²) in [4.78, 5) is 18.9. The van der Waals surface area contributed by atoms with E-state index in [9.17, 15) is 4.79 Å². The molecular weight excluding hydrogens is 316 g/mol. The van der Waals surface area contributed by atoms with Gasteiger partial charge in [-0.1, -0.05) is 25.1 Å². The molecule has 7 nitrogen and oxygen atoms in total. The smallest absolute Gasteiger partial charge is 0.315 e. The number of likely N-dealkylation sites (N-methyl/N-ethyl adjacent to an activating group) is 1. The number of urea groups is 1. The van der Waals surface area contributed by atoms with Crippen molar-refractivity contribution in [2.75, 3.05) is 25.0 Å². The molecule has 1 aromatic heterocycles. The van der Waals surface area contributed by atoms with Crippen LogP contribution in [0.25, 0.3) is 0 Å². The summed E-state index contributed by atoms with van der Waals surface area (Å²) in [6.07, 6.45) is 2.71. The number of hydrogen-bond donors (Lipinski definition) is 2. The standard InChI is InChI=1S/C18H26N6O/c1-3-16-21-17-15(10-7-12-24(17)22-16)20-18(25)19-11-13-23(2)14-8-5-4-6-9-14/h4-6,8-9,15H,3,7,10-13H2,1-2H3,(H2,19,20,25). The number of carbonyl (C=O) groups is 1. The van der Waals surface area contributed by atoms with E-state index in [1.54, 1.807) is 0 Å². The number of rotatable bonds is 6. The molecule has 2 aromatic rings. The molecule has 1 aromatic carbocycles. The van der Waals surface area contributed by atoms with Crippen LogP contribution in [0, 0.1) is 0 Å². The number of amides is 2. The molecule has 0 spiro atoms. The maximum Gasteiger partial charge on any atom is 0.315 e. The third-order valence-corrected chi connectivity index (χ3v) is 4.47. The van der Waals surface area contributed by atoms with Gasteiger partial charge in [-0.15, -0.1) is 0 Å². The predicted octanol–water partition coefficient (Wildman–Crippen LogP) is 2.11. The average Bonchev–Trinajstić information content (AvgIpc) is 3.07. The van der Waals surface area contributed by atoms with E-state index in [0.717, 1.165) is 49.7 Å². The average molecular weight is 342 g/mol. The predicted molar refractivity (Wildman–Crippen MR) is 97.6 cm³/mol. The van der Waals surface area contributed by atoms with Crippen molar-refractivity contribution < 1.29 is 4.79 Å². The number of nitrogens with zero attached hydrogens (tertiary/aromatic N) is 4. The molecule has 25 heavy (non-hydrogen) atoms. The van der Waals surface area contributed by atoms with Crippen molar-refractivity contribution in [2.45, 2.75) is 38.8 Å². The molecule has 0 fully saturated rings. The fourth-order valence-electron chi connectivity index (χ4n) is 3.04. The number of benzene rings is 1. The maximum atomic E-state index is 12.2. The molecule has 1 unspecified atom stereocenters. The van der Waals surface area contributed by atoms with Crippen LogP contribution in [0.5, 0.6) is 0 Å². The number of aryl methyl sites for hydroxylation is 2. The van der Waals surface area contributed by atoms with Crippen molar-refractivity contribution >= 4 is 11.7 Å². The summed E-state index contributed by atoms with van der Waals surface area (Å²) in [6.45, 7) is 4.25. The molecule has 134 valence electrons. The lowest BCUT2D eigenvalue weighted by Crippen LogP contribution is -2.42. The van der Waals surface area contributed by atoms with Gasteiger partial charge >= 0.3 is 6.03 Å². The first-order chi connectivity index (χ1) is 12.2. The lowest BCUT2D eigenvalue weighted by atomic mass is 10.1. The summed E-state index contributed by atoms with van der Waals surface area (Å²) < 4.78 is 1.93. The Morgan fingerprint density at radius 3 is 2.92 bits per heavy atom. The normalized spacial score (nSPS) is 16.2. The van der Waals surface area contributed by atoms with Crippen LogP contribution >= 0.6 is 0 Å². The molecule has 1 aliphatic heterocycles. The number of anilines is 1. The first-order valence-electron chi connectivity index (χ1n) is 8.91. The number of para-hydroxylation sites is 1. The van der Waals surface area contributed by atoms with Crippen molar-refractivity contribution in [2.24, 2.45) is 0 Å². The van der Waals surface area contributed by atoms with E-state index in [2.05, 4.69) is 37.7 Å². The Labute approximate surface area is 148 Å². The minimum atomic E-state index is -0.152. The van der Waals surface area contributed by atoms with Gasteiger partial charge in [0, 0.05) is 38.8 Å². The molecule has 1 atom stereocenters. The summed E-state index contributed by atoms with van der Waals surface area (Å²) >= 11 is 0. The molecule has 0 saturated heterocycles. The fraction of sp³-hybridized carbons (Fsp3) is 0.500. The van der Waals surface area contributed by atoms with Gasteiger partial charge in [-0.2, -0.15) is 5.10 Å². The van der Waals surface area contributed by atoms with Crippen LogP contribution in [0.4, 0.5) is 10.5 Å². The summed E-state index contributed by atoms with van der Waals surface area (Å²) in [5.74, 6) is 1.72. The Morgan fingerprint density at radius 2 is 2.16 bits per heavy atom. The van der Waals surface area contributed by atoms with E-state index >= 15 is 0 Å². The van der Waals surface area contributed by atoms with Gasteiger partial charge in [0.05, 0.1) is 6.04 Å². The summed E-state index contributed by atoms with van der Waals surface area (Å²) in [6, 6.07) is 9.91. The highest BCUT2D eigenvalue weighted by Gasteiger charge is 2.25. The second kappa shape index (κ2) is 8.00. The summed E-state index contributed by atoms with van der Waals surface area (Å²) in [5, 5.41) is 10.4. The molecule has 0 bridgehead atoms. The van der Waals surface area contributed by atoms with Gasteiger partial charge < -0.3 is 15.5 Å².